The molecule has 1 nitrogen and oxygen atoms in total. The smallest absolute Gasteiger partial charge is 0.0642 e. The van der Waals surface area contributed by atoms with Gasteiger partial charge in [-0.1, -0.05) is 67.2 Å². The van der Waals surface area contributed by atoms with Gasteiger partial charge in [0, 0.05) is 6.04 Å². The number of hydrogen-bond donors (Lipinski definition) is 0. The molecule has 0 amide bonds. The maximum Gasteiger partial charge on any atom is 0.0642 e. The topological polar surface area (TPSA) is 12.4 Å². The van der Waals surface area contributed by atoms with E-state index in [-0.39, 0.29) is 5.41 Å². The van der Waals surface area contributed by atoms with Crippen LogP contribution in [0.4, 0.5) is 0 Å². The normalized spacial score (nSPS) is 20.1. The van der Waals surface area contributed by atoms with E-state index in [1.165, 1.54) is 11.1 Å². The Labute approximate surface area is 127 Å². The van der Waals surface area contributed by atoms with Crippen molar-refractivity contribution in [1.82, 2.24) is 0 Å². The maximum atomic E-state index is 4.91. The van der Waals surface area contributed by atoms with Crippen molar-refractivity contribution in [3.05, 3.63) is 83.9 Å². The van der Waals surface area contributed by atoms with Crippen LogP contribution < -0.4 is 0 Å². The predicted octanol–water partition coefficient (Wildman–Crippen LogP) is 4.78. The molecule has 0 saturated heterocycles. The second-order valence-corrected chi connectivity index (χ2v) is 5.95. The van der Waals surface area contributed by atoms with Crippen molar-refractivity contribution < 1.29 is 0 Å². The van der Waals surface area contributed by atoms with Gasteiger partial charge in [-0.2, -0.15) is 0 Å². The predicted molar refractivity (Wildman–Crippen MR) is 90.0 cm³/mol. The van der Waals surface area contributed by atoms with Crippen molar-refractivity contribution >= 4 is 5.71 Å². The first-order valence-electron chi connectivity index (χ1n) is 7.50. The standard InChI is InChI=1S/C20H21N/c1-15(2)19-20(14-16(3)21-19,17-10-6-4-7-11-17)18-12-8-5-9-13-18/h4-13,16H,1,14H2,2-3H3. The van der Waals surface area contributed by atoms with E-state index in [0.29, 0.717) is 6.04 Å². The van der Waals surface area contributed by atoms with Gasteiger partial charge in [-0.05, 0) is 37.0 Å². The van der Waals surface area contributed by atoms with E-state index in [1.54, 1.807) is 0 Å². The van der Waals surface area contributed by atoms with Gasteiger partial charge in [-0.15, -0.1) is 0 Å². The molecule has 21 heavy (non-hydrogen) atoms. The minimum Gasteiger partial charge on any atom is -0.285 e. The fourth-order valence-electron chi connectivity index (χ4n) is 3.51. The van der Waals surface area contributed by atoms with Crippen LogP contribution in [0, 0.1) is 0 Å². The summed E-state index contributed by atoms with van der Waals surface area (Å²) in [6, 6.07) is 21.7. The van der Waals surface area contributed by atoms with E-state index < -0.39 is 0 Å². The monoisotopic (exact) mass is 275 g/mol. The number of aliphatic imine (C=N–C) groups is 1. The molecule has 0 fully saturated rings. The lowest BCUT2D eigenvalue weighted by Gasteiger charge is -2.33. The zero-order chi connectivity index (χ0) is 14.9. The van der Waals surface area contributed by atoms with Crippen molar-refractivity contribution in [2.45, 2.75) is 31.7 Å². The fourth-order valence-corrected chi connectivity index (χ4v) is 3.51. The lowest BCUT2D eigenvalue weighted by molar-refractivity contribution is 0.594. The summed E-state index contributed by atoms with van der Waals surface area (Å²) in [5.74, 6) is 0. The highest BCUT2D eigenvalue weighted by molar-refractivity contribution is 6.10. The summed E-state index contributed by atoms with van der Waals surface area (Å²) in [5.41, 5.74) is 4.65. The second kappa shape index (κ2) is 5.33. The molecule has 2 aromatic rings. The third kappa shape index (κ3) is 2.23. The SMILES string of the molecule is C=C(C)C1=NC(C)CC1(c1ccccc1)c1ccccc1. The molecule has 106 valence electrons. The molecule has 1 heteroatoms. The van der Waals surface area contributed by atoms with Crippen molar-refractivity contribution in [3.63, 3.8) is 0 Å². The van der Waals surface area contributed by atoms with Gasteiger partial charge in [-0.25, -0.2) is 0 Å². The summed E-state index contributed by atoms with van der Waals surface area (Å²) >= 11 is 0. The Bertz CT molecular complexity index is 628. The molecule has 0 bridgehead atoms. The Hall–Kier alpha value is -2.15. The highest BCUT2D eigenvalue weighted by Gasteiger charge is 2.44. The van der Waals surface area contributed by atoms with Crippen molar-refractivity contribution in [2.24, 2.45) is 4.99 Å². The molecule has 1 aliphatic heterocycles. The van der Waals surface area contributed by atoms with E-state index in [0.717, 1.165) is 17.7 Å². The molecule has 1 unspecified atom stereocenters. The molecular weight excluding hydrogens is 254 g/mol. The number of rotatable bonds is 3. The van der Waals surface area contributed by atoms with Gasteiger partial charge in [0.2, 0.25) is 0 Å². The molecule has 1 aliphatic rings. The maximum absolute atomic E-state index is 4.91. The van der Waals surface area contributed by atoms with Gasteiger partial charge in [-0.3, -0.25) is 4.99 Å². The molecule has 0 N–H and O–H groups in total. The summed E-state index contributed by atoms with van der Waals surface area (Å²) in [6.07, 6.45) is 1.00. The average Bonchev–Trinajstić information content (AvgIpc) is 2.88. The Morgan fingerprint density at radius 3 is 1.90 bits per heavy atom. The molecule has 0 saturated carbocycles. The molecule has 0 radical (unpaired) electrons. The number of allylic oxidation sites excluding steroid dienone is 1. The van der Waals surface area contributed by atoms with Crippen LogP contribution in [0.15, 0.2) is 77.8 Å². The third-order valence-corrected chi connectivity index (χ3v) is 4.29. The quantitative estimate of drug-likeness (QED) is 0.764. The third-order valence-electron chi connectivity index (χ3n) is 4.29. The van der Waals surface area contributed by atoms with E-state index >= 15 is 0 Å². The molecule has 3 rings (SSSR count). The van der Waals surface area contributed by atoms with E-state index in [1.807, 2.05) is 0 Å². The van der Waals surface area contributed by atoms with Crippen LogP contribution in [0.1, 0.15) is 31.4 Å². The van der Waals surface area contributed by atoms with Crippen molar-refractivity contribution in [3.8, 4) is 0 Å². The molecule has 0 aromatic heterocycles. The Morgan fingerprint density at radius 1 is 1.00 bits per heavy atom. The van der Waals surface area contributed by atoms with Crippen LogP contribution in [0.5, 0.6) is 0 Å². The summed E-state index contributed by atoms with van der Waals surface area (Å²) in [7, 11) is 0. The van der Waals surface area contributed by atoms with E-state index in [9.17, 15) is 0 Å². The first kappa shape index (κ1) is 13.8. The van der Waals surface area contributed by atoms with Crippen LogP contribution in [-0.4, -0.2) is 11.8 Å². The Morgan fingerprint density at radius 2 is 1.48 bits per heavy atom. The Kier molecular flexibility index (Phi) is 3.50. The molecule has 0 spiro atoms. The van der Waals surface area contributed by atoms with Gasteiger partial charge in [0.05, 0.1) is 11.1 Å². The largest absolute Gasteiger partial charge is 0.285 e. The zero-order valence-electron chi connectivity index (χ0n) is 12.7. The van der Waals surface area contributed by atoms with E-state index in [4.69, 9.17) is 4.99 Å². The summed E-state index contributed by atoms with van der Waals surface area (Å²) in [5, 5.41) is 0. The number of nitrogens with zero attached hydrogens (tertiary/aromatic N) is 1. The summed E-state index contributed by atoms with van der Waals surface area (Å²) < 4.78 is 0. The van der Waals surface area contributed by atoms with Crippen LogP contribution in [0.3, 0.4) is 0 Å². The van der Waals surface area contributed by atoms with Gasteiger partial charge in [0.25, 0.3) is 0 Å². The molecule has 1 atom stereocenters. The molecule has 1 heterocycles. The lowest BCUT2D eigenvalue weighted by Crippen LogP contribution is -2.35. The van der Waals surface area contributed by atoms with Gasteiger partial charge in [0.15, 0.2) is 0 Å². The number of hydrogen-bond acceptors (Lipinski definition) is 1. The van der Waals surface area contributed by atoms with Crippen LogP contribution in [-0.2, 0) is 5.41 Å². The fraction of sp³-hybridized carbons (Fsp3) is 0.250. The molecule has 2 aromatic carbocycles. The summed E-state index contributed by atoms with van der Waals surface area (Å²) in [4.78, 5) is 4.91. The Balaban J connectivity index is 2.27. The highest BCUT2D eigenvalue weighted by atomic mass is 14.9. The minimum absolute atomic E-state index is 0.159. The van der Waals surface area contributed by atoms with Gasteiger partial charge >= 0.3 is 0 Å². The van der Waals surface area contributed by atoms with Crippen LogP contribution in [0.25, 0.3) is 0 Å². The lowest BCUT2D eigenvalue weighted by atomic mass is 9.68. The zero-order valence-corrected chi connectivity index (χ0v) is 12.7. The van der Waals surface area contributed by atoms with Crippen LogP contribution in [0.2, 0.25) is 0 Å². The second-order valence-electron chi connectivity index (χ2n) is 5.95. The van der Waals surface area contributed by atoms with E-state index in [2.05, 4.69) is 81.1 Å². The van der Waals surface area contributed by atoms with Crippen molar-refractivity contribution in [2.75, 3.05) is 0 Å². The van der Waals surface area contributed by atoms with Gasteiger partial charge in [0.1, 0.15) is 0 Å². The first-order chi connectivity index (χ1) is 10.1. The number of benzene rings is 2. The minimum atomic E-state index is -0.159. The highest BCUT2D eigenvalue weighted by Crippen LogP contribution is 2.44. The first-order valence-corrected chi connectivity index (χ1v) is 7.50. The average molecular weight is 275 g/mol. The summed E-state index contributed by atoms with van der Waals surface area (Å²) in [6.45, 7) is 8.45. The molecule has 0 aliphatic carbocycles. The van der Waals surface area contributed by atoms with Crippen molar-refractivity contribution in [1.29, 1.82) is 0 Å². The van der Waals surface area contributed by atoms with Gasteiger partial charge < -0.3 is 0 Å². The molecular formula is C20H21N. The van der Waals surface area contributed by atoms with Crippen LogP contribution >= 0.6 is 0 Å².